The largest absolute Gasteiger partial charge is 0.375 e. The van der Waals surface area contributed by atoms with Gasteiger partial charge in [-0.15, -0.1) is 11.3 Å². The number of hydrogen-bond acceptors (Lipinski definition) is 3. The molecule has 2 nitrogen and oxygen atoms in total. The molecule has 1 aliphatic carbocycles. The minimum absolute atomic E-state index is 0.628. The maximum absolute atomic E-state index is 5.54. The smallest absolute Gasteiger partial charge is 0.180 e. The molecule has 3 heteroatoms. The van der Waals surface area contributed by atoms with Crippen molar-refractivity contribution in [2.45, 2.75) is 25.7 Å². The molecule has 0 aromatic carbocycles. The molecule has 1 unspecified atom stereocenters. The van der Waals surface area contributed by atoms with E-state index in [1.54, 1.807) is 11.3 Å². The molecule has 0 spiro atoms. The Morgan fingerprint density at radius 3 is 2.91 bits per heavy atom. The minimum atomic E-state index is 0.628. The molecule has 0 radical (unpaired) electrons. The minimum Gasteiger partial charge on any atom is -0.375 e. The Labute approximate surface area is 70.5 Å². The Morgan fingerprint density at radius 2 is 2.45 bits per heavy atom. The summed E-state index contributed by atoms with van der Waals surface area (Å²) in [6, 6.07) is 0. The van der Waals surface area contributed by atoms with Crippen LogP contribution in [0.4, 0.5) is 5.13 Å². The van der Waals surface area contributed by atoms with Crippen LogP contribution >= 0.6 is 11.3 Å². The van der Waals surface area contributed by atoms with E-state index in [1.807, 2.05) is 0 Å². The van der Waals surface area contributed by atoms with Gasteiger partial charge < -0.3 is 5.73 Å². The van der Waals surface area contributed by atoms with Crippen LogP contribution in [0.5, 0.6) is 0 Å². The summed E-state index contributed by atoms with van der Waals surface area (Å²) in [5.41, 5.74) is 6.73. The quantitative estimate of drug-likeness (QED) is 0.735. The van der Waals surface area contributed by atoms with E-state index in [0.717, 1.165) is 5.92 Å². The first kappa shape index (κ1) is 7.10. The lowest BCUT2D eigenvalue weighted by atomic mass is 10.0. The molecule has 1 heterocycles. The van der Waals surface area contributed by atoms with Crippen LogP contribution in [0.15, 0.2) is 5.38 Å². The molecule has 0 aliphatic heterocycles. The van der Waals surface area contributed by atoms with Gasteiger partial charge in [-0.2, -0.15) is 0 Å². The number of nitrogen functional groups attached to an aromatic ring is 1. The molecular weight excluding hydrogens is 156 g/mol. The van der Waals surface area contributed by atoms with Crippen LogP contribution in [0.3, 0.4) is 0 Å². The summed E-state index contributed by atoms with van der Waals surface area (Å²) in [6.45, 7) is 2.24. The van der Waals surface area contributed by atoms with Gasteiger partial charge in [-0.3, -0.25) is 0 Å². The van der Waals surface area contributed by atoms with Gasteiger partial charge in [0.15, 0.2) is 5.13 Å². The third-order valence-electron chi connectivity index (χ3n) is 2.34. The number of nitrogens with zero attached hydrogens (tertiary/aromatic N) is 1. The average Bonchev–Trinajstić information content (AvgIpc) is 2.74. The van der Waals surface area contributed by atoms with E-state index in [0.29, 0.717) is 11.0 Å². The van der Waals surface area contributed by atoms with Crippen molar-refractivity contribution in [3.05, 3.63) is 11.1 Å². The van der Waals surface area contributed by atoms with Gasteiger partial charge in [0.25, 0.3) is 0 Å². The van der Waals surface area contributed by atoms with Crippen LogP contribution in [0, 0.1) is 5.92 Å². The Balaban J connectivity index is 2.14. The lowest BCUT2D eigenvalue weighted by molar-refractivity contribution is 0.649. The molecular formula is C8H12N2S. The third-order valence-corrected chi connectivity index (χ3v) is 3.03. The van der Waals surface area contributed by atoms with Crippen LogP contribution < -0.4 is 5.73 Å². The lowest BCUT2D eigenvalue weighted by Gasteiger charge is -2.03. The fourth-order valence-electron chi connectivity index (χ4n) is 1.35. The van der Waals surface area contributed by atoms with Gasteiger partial charge >= 0.3 is 0 Å². The van der Waals surface area contributed by atoms with Crippen LogP contribution in [0.1, 0.15) is 31.4 Å². The number of thiazole rings is 1. The van der Waals surface area contributed by atoms with Gasteiger partial charge in [0, 0.05) is 11.3 Å². The van der Waals surface area contributed by atoms with Gasteiger partial charge in [-0.1, -0.05) is 6.92 Å². The second-order valence-electron chi connectivity index (χ2n) is 3.24. The van der Waals surface area contributed by atoms with Crippen LogP contribution in [0.25, 0.3) is 0 Å². The molecule has 11 heavy (non-hydrogen) atoms. The molecule has 1 saturated carbocycles. The number of nitrogens with two attached hydrogens (primary N) is 1. The maximum atomic E-state index is 5.54. The Hall–Kier alpha value is -0.570. The number of hydrogen-bond donors (Lipinski definition) is 1. The first-order valence-electron chi connectivity index (χ1n) is 3.98. The normalized spacial score (nSPS) is 20.1. The molecule has 2 rings (SSSR count). The summed E-state index contributed by atoms with van der Waals surface area (Å²) in [5.74, 6) is 1.51. The fraction of sp³-hybridized carbons (Fsp3) is 0.625. The van der Waals surface area contributed by atoms with E-state index in [-0.39, 0.29) is 0 Å². The van der Waals surface area contributed by atoms with Gasteiger partial charge in [-0.05, 0) is 18.8 Å². The lowest BCUT2D eigenvalue weighted by Crippen LogP contribution is -1.96. The zero-order chi connectivity index (χ0) is 7.84. The van der Waals surface area contributed by atoms with E-state index in [4.69, 9.17) is 5.73 Å². The van der Waals surface area contributed by atoms with Gasteiger partial charge in [0.1, 0.15) is 0 Å². The molecule has 1 aromatic rings. The predicted molar refractivity (Wildman–Crippen MR) is 47.7 cm³/mol. The summed E-state index contributed by atoms with van der Waals surface area (Å²) in [7, 11) is 0. The third kappa shape index (κ3) is 1.38. The van der Waals surface area contributed by atoms with Crippen LogP contribution in [0.2, 0.25) is 0 Å². The van der Waals surface area contributed by atoms with Crippen LogP contribution in [-0.2, 0) is 0 Å². The van der Waals surface area contributed by atoms with Crippen molar-refractivity contribution < 1.29 is 0 Å². The summed E-state index contributed by atoms with van der Waals surface area (Å²) in [4.78, 5) is 4.27. The molecule has 0 bridgehead atoms. The molecule has 1 atom stereocenters. The fourth-order valence-corrected chi connectivity index (χ4v) is 2.01. The zero-order valence-electron chi connectivity index (χ0n) is 6.58. The van der Waals surface area contributed by atoms with Crippen molar-refractivity contribution in [3.63, 3.8) is 0 Å². The second-order valence-corrected chi connectivity index (χ2v) is 4.13. The van der Waals surface area contributed by atoms with Gasteiger partial charge in [-0.25, -0.2) is 4.98 Å². The van der Waals surface area contributed by atoms with Crippen molar-refractivity contribution in [3.8, 4) is 0 Å². The second kappa shape index (κ2) is 2.48. The van der Waals surface area contributed by atoms with Gasteiger partial charge in [0.05, 0.1) is 5.69 Å². The van der Waals surface area contributed by atoms with Crippen molar-refractivity contribution in [2.75, 3.05) is 5.73 Å². The summed E-state index contributed by atoms with van der Waals surface area (Å²) >= 11 is 1.54. The highest BCUT2D eigenvalue weighted by Gasteiger charge is 2.30. The summed E-state index contributed by atoms with van der Waals surface area (Å²) < 4.78 is 0. The molecule has 1 fully saturated rings. The topological polar surface area (TPSA) is 38.9 Å². The van der Waals surface area contributed by atoms with E-state index >= 15 is 0 Å². The molecule has 0 saturated heterocycles. The Bertz CT molecular complexity index is 252. The molecule has 2 N–H and O–H groups in total. The van der Waals surface area contributed by atoms with Gasteiger partial charge in [0.2, 0.25) is 0 Å². The zero-order valence-corrected chi connectivity index (χ0v) is 7.40. The maximum Gasteiger partial charge on any atom is 0.180 e. The monoisotopic (exact) mass is 168 g/mol. The predicted octanol–water partition coefficient (Wildman–Crippen LogP) is 2.24. The highest BCUT2D eigenvalue weighted by Crippen LogP contribution is 2.42. The molecule has 0 amide bonds. The number of rotatable bonds is 2. The SMILES string of the molecule is CC(c1csc(N)n1)C1CC1. The molecule has 60 valence electrons. The highest BCUT2D eigenvalue weighted by atomic mass is 32.1. The number of anilines is 1. The summed E-state index contributed by atoms with van der Waals surface area (Å²) in [5, 5.41) is 2.78. The first-order valence-corrected chi connectivity index (χ1v) is 4.86. The Kier molecular flexibility index (Phi) is 1.60. The standard InChI is InChI=1S/C8H12N2S/c1-5(6-2-3-6)7-4-11-8(9)10-7/h4-6H,2-3H2,1H3,(H2,9,10). The van der Waals surface area contributed by atoms with E-state index in [1.165, 1.54) is 18.5 Å². The highest BCUT2D eigenvalue weighted by molar-refractivity contribution is 7.13. The van der Waals surface area contributed by atoms with E-state index in [9.17, 15) is 0 Å². The average molecular weight is 168 g/mol. The first-order chi connectivity index (χ1) is 5.27. The Morgan fingerprint density at radius 1 is 1.73 bits per heavy atom. The molecule has 1 aromatic heterocycles. The number of aromatic nitrogens is 1. The molecule has 1 aliphatic rings. The van der Waals surface area contributed by atoms with E-state index < -0.39 is 0 Å². The van der Waals surface area contributed by atoms with E-state index in [2.05, 4.69) is 17.3 Å². The van der Waals surface area contributed by atoms with Crippen molar-refractivity contribution >= 4 is 16.5 Å². The summed E-state index contributed by atoms with van der Waals surface area (Å²) in [6.07, 6.45) is 2.75. The van der Waals surface area contributed by atoms with Crippen molar-refractivity contribution in [1.82, 2.24) is 4.98 Å². The van der Waals surface area contributed by atoms with Crippen molar-refractivity contribution in [2.24, 2.45) is 5.92 Å². The van der Waals surface area contributed by atoms with Crippen LogP contribution in [-0.4, -0.2) is 4.98 Å². The van der Waals surface area contributed by atoms with Crippen molar-refractivity contribution in [1.29, 1.82) is 0 Å².